The van der Waals surface area contributed by atoms with E-state index in [1.165, 1.54) is 302 Å². The number of rotatable bonds is 64. The van der Waals surface area contributed by atoms with Crippen molar-refractivity contribution in [1.29, 1.82) is 0 Å². The van der Waals surface area contributed by atoms with Crippen LogP contribution in [0.25, 0.3) is 0 Å². The van der Waals surface area contributed by atoms with E-state index in [4.69, 9.17) is 4.74 Å². The third-order valence-corrected chi connectivity index (χ3v) is 16.0. The van der Waals surface area contributed by atoms with Gasteiger partial charge < -0.3 is 20.3 Å². The average Bonchev–Trinajstić information content (AvgIpc) is 3.41. The van der Waals surface area contributed by atoms with Crippen LogP contribution < -0.4 is 5.32 Å². The molecule has 0 saturated heterocycles. The minimum absolute atomic E-state index is 0.0168. The van der Waals surface area contributed by atoms with Crippen molar-refractivity contribution >= 4 is 11.9 Å². The fourth-order valence-electron chi connectivity index (χ4n) is 10.8. The van der Waals surface area contributed by atoms with Crippen molar-refractivity contribution in [1.82, 2.24) is 5.32 Å². The molecule has 0 spiro atoms. The topological polar surface area (TPSA) is 95.9 Å². The van der Waals surface area contributed by atoms with E-state index in [0.29, 0.717) is 25.9 Å². The Labute approximate surface area is 469 Å². The molecule has 0 aliphatic rings. The lowest BCUT2D eigenvalue weighted by atomic mass is 10.0. The van der Waals surface area contributed by atoms with E-state index in [9.17, 15) is 19.8 Å². The molecule has 3 N–H and O–H groups in total. The predicted octanol–water partition coefficient (Wildman–Crippen LogP) is 21.8. The SMILES string of the molecule is CCCCCCCCCCCCCCC(O)C(CO)NC(=O)CCCCCCCCCCCCCCCCCCC/C=C\C/C=C\CCCCCCCCCCCCCOC(=O)CCCCCCCCCCCCC. The number of allylic oxidation sites excluding steroid dienone is 4. The van der Waals surface area contributed by atoms with Crippen LogP contribution >= 0.6 is 0 Å². The Morgan fingerprint density at radius 3 is 1.01 bits per heavy atom. The Hall–Kier alpha value is -1.66. The number of carbonyl (C=O) groups excluding carboxylic acids is 2. The van der Waals surface area contributed by atoms with Crippen molar-refractivity contribution in [3.8, 4) is 0 Å². The Morgan fingerprint density at radius 1 is 0.373 bits per heavy atom. The Balaban J connectivity index is 3.35. The third-order valence-electron chi connectivity index (χ3n) is 16.0. The van der Waals surface area contributed by atoms with Crippen LogP contribution in [0.2, 0.25) is 0 Å². The van der Waals surface area contributed by atoms with Gasteiger partial charge in [0.05, 0.1) is 25.4 Å². The van der Waals surface area contributed by atoms with Gasteiger partial charge in [-0.2, -0.15) is 0 Å². The second-order valence-corrected chi connectivity index (χ2v) is 23.5. The van der Waals surface area contributed by atoms with Crippen molar-refractivity contribution < 1.29 is 24.5 Å². The number of aliphatic hydroxyl groups excluding tert-OH is 2. The maximum Gasteiger partial charge on any atom is 0.305 e. The zero-order valence-corrected chi connectivity index (χ0v) is 50.8. The highest BCUT2D eigenvalue weighted by molar-refractivity contribution is 5.76. The van der Waals surface area contributed by atoms with E-state index in [-0.39, 0.29) is 18.5 Å². The summed E-state index contributed by atoms with van der Waals surface area (Å²) >= 11 is 0. The fraction of sp³-hybridized carbons (Fsp3) is 0.913. The molecule has 2 atom stereocenters. The molecule has 75 heavy (non-hydrogen) atoms. The normalized spacial score (nSPS) is 12.6. The summed E-state index contributed by atoms with van der Waals surface area (Å²) in [4.78, 5) is 24.5. The van der Waals surface area contributed by atoms with Gasteiger partial charge in [-0.15, -0.1) is 0 Å². The number of unbranched alkanes of at least 4 members (excludes halogenated alkanes) is 49. The molecule has 0 aromatic heterocycles. The van der Waals surface area contributed by atoms with Crippen LogP contribution in [0.1, 0.15) is 380 Å². The zero-order valence-electron chi connectivity index (χ0n) is 50.8. The predicted molar refractivity (Wildman–Crippen MR) is 329 cm³/mol. The highest BCUT2D eigenvalue weighted by atomic mass is 16.5. The molecule has 0 saturated carbocycles. The van der Waals surface area contributed by atoms with Gasteiger partial charge in [-0.1, -0.05) is 334 Å². The van der Waals surface area contributed by atoms with Gasteiger partial charge >= 0.3 is 5.97 Å². The maximum atomic E-state index is 12.5. The number of carbonyl (C=O) groups is 2. The first-order valence-electron chi connectivity index (χ1n) is 34.1. The second kappa shape index (κ2) is 64.9. The quantitative estimate of drug-likeness (QED) is 0.0320. The lowest BCUT2D eigenvalue weighted by Gasteiger charge is -2.22. The molecule has 0 aromatic rings. The van der Waals surface area contributed by atoms with Gasteiger partial charge in [0.2, 0.25) is 5.91 Å². The number of aliphatic hydroxyl groups is 2. The number of nitrogens with one attached hydrogen (secondary N) is 1. The smallest absolute Gasteiger partial charge is 0.305 e. The lowest BCUT2D eigenvalue weighted by molar-refractivity contribution is -0.143. The second-order valence-electron chi connectivity index (χ2n) is 23.5. The molecule has 0 heterocycles. The van der Waals surface area contributed by atoms with Crippen LogP contribution in [0.15, 0.2) is 24.3 Å². The molecule has 0 aliphatic heterocycles. The molecule has 6 nitrogen and oxygen atoms in total. The number of amides is 1. The monoisotopic (exact) mass is 1060 g/mol. The van der Waals surface area contributed by atoms with E-state index in [1.807, 2.05) is 0 Å². The molecule has 0 aromatic carbocycles. The van der Waals surface area contributed by atoms with E-state index in [0.717, 1.165) is 44.9 Å². The third kappa shape index (κ3) is 61.4. The summed E-state index contributed by atoms with van der Waals surface area (Å²) in [5.41, 5.74) is 0. The van der Waals surface area contributed by atoms with Crippen molar-refractivity contribution in [2.45, 2.75) is 392 Å². The van der Waals surface area contributed by atoms with Gasteiger partial charge in [-0.3, -0.25) is 9.59 Å². The zero-order chi connectivity index (χ0) is 54.3. The van der Waals surface area contributed by atoms with E-state index in [2.05, 4.69) is 43.5 Å². The Bertz CT molecular complexity index is 1170. The molecule has 0 fully saturated rings. The van der Waals surface area contributed by atoms with Gasteiger partial charge in [0.1, 0.15) is 0 Å². The first-order chi connectivity index (χ1) is 37.0. The summed E-state index contributed by atoms with van der Waals surface area (Å²) in [5.74, 6) is -0.0144. The lowest BCUT2D eigenvalue weighted by Crippen LogP contribution is -2.45. The van der Waals surface area contributed by atoms with Crippen molar-refractivity contribution in [3.05, 3.63) is 24.3 Å². The number of hydrogen-bond donors (Lipinski definition) is 3. The summed E-state index contributed by atoms with van der Waals surface area (Å²) in [6.07, 6.45) is 80.9. The number of hydrogen-bond acceptors (Lipinski definition) is 5. The van der Waals surface area contributed by atoms with Crippen LogP contribution in [0.3, 0.4) is 0 Å². The molecule has 444 valence electrons. The van der Waals surface area contributed by atoms with Crippen molar-refractivity contribution in [3.63, 3.8) is 0 Å². The molecule has 0 aliphatic carbocycles. The maximum absolute atomic E-state index is 12.5. The average molecular weight is 1060 g/mol. The number of ether oxygens (including phenoxy) is 1. The minimum Gasteiger partial charge on any atom is -0.466 e. The molecule has 6 heteroatoms. The molecule has 0 radical (unpaired) electrons. The van der Waals surface area contributed by atoms with E-state index < -0.39 is 12.1 Å². The summed E-state index contributed by atoms with van der Waals surface area (Å²) in [5, 5.41) is 23.2. The molecule has 0 rings (SSSR count). The van der Waals surface area contributed by atoms with Gasteiger partial charge in [-0.25, -0.2) is 0 Å². The van der Waals surface area contributed by atoms with Gasteiger partial charge in [-0.05, 0) is 57.8 Å². The summed E-state index contributed by atoms with van der Waals surface area (Å²) in [6, 6.07) is -0.538. The van der Waals surface area contributed by atoms with Crippen molar-refractivity contribution in [2.24, 2.45) is 0 Å². The summed E-state index contributed by atoms with van der Waals surface area (Å²) < 4.78 is 5.47. The van der Waals surface area contributed by atoms with E-state index >= 15 is 0 Å². The molecule has 0 bridgehead atoms. The van der Waals surface area contributed by atoms with Crippen LogP contribution in [-0.2, 0) is 14.3 Å². The van der Waals surface area contributed by atoms with Gasteiger partial charge in [0.25, 0.3) is 0 Å². The van der Waals surface area contributed by atoms with Gasteiger partial charge in [0, 0.05) is 12.8 Å². The van der Waals surface area contributed by atoms with Crippen molar-refractivity contribution in [2.75, 3.05) is 13.2 Å². The summed E-state index contributed by atoms with van der Waals surface area (Å²) in [6.45, 7) is 4.97. The minimum atomic E-state index is -0.661. The van der Waals surface area contributed by atoms with Crippen LogP contribution in [0.4, 0.5) is 0 Å². The van der Waals surface area contributed by atoms with E-state index in [1.54, 1.807) is 0 Å². The molecular formula is C69H133NO5. The fourth-order valence-corrected chi connectivity index (χ4v) is 10.8. The molecular weight excluding hydrogens is 923 g/mol. The first-order valence-corrected chi connectivity index (χ1v) is 34.1. The van der Waals surface area contributed by atoms with Gasteiger partial charge in [0.15, 0.2) is 0 Å². The molecule has 1 amide bonds. The Morgan fingerprint density at radius 2 is 0.667 bits per heavy atom. The summed E-state index contributed by atoms with van der Waals surface area (Å²) in [7, 11) is 0. The number of esters is 1. The highest BCUT2D eigenvalue weighted by Crippen LogP contribution is 2.18. The standard InChI is InChI=1S/C69H133NO5/c1-3-5-7-9-11-13-15-42-45-49-53-57-61-67(72)66(65-71)70-68(73)62-58-54-50-46-43-39-37-35-33-31-29-27-25-23-21-19-17-16-18-20-22-24-26-28-30-32-34-36-38-40-44-48-52-56-60-64-75-69(74)63-59-55-51-47-41-14-12-10-8-6-4-2/h18,20,24,26,66-67,71-72H,3-17,19,21-23,25,27-65H2,1-2H3,(H,70,73)/b20-18-,26-24-. The van der Waals surface area contributed by atoms with Crippen LogP contribution in [0.5, 0.6) is 0 Å². The molecule has 2 unspecified atom stereocenters. The van der Waals surface area contributed by atoms with Crippen LogP contribution in [-0.4, -0.2) is 47.4 Å². The highest BCUT2D eigenvalue weighted by Gasteiger charge is 2.20. The Kier molecular flexibility index (Phi) is 63.4. The largest absolute Gasteiger partial charge is 0.466 e. The van der Waals surface area contributed by atoms with Crippen LogP contribution in [0, 0.1) is 0 Å². The first kappa shape index (κ1) is 73.3.